The van der Waals surface area contributed by atoms with E-state index in [0.29, 0.717) is 28.8 Å². The van der Waals surface area contributed by atoms with Gasteiger partial charge >= 0.3 is 0 Å². The Balaban J connectivity index is 1.47. The molecule has 3 saturated heterocycles. The molecule has 21 heavy (non-hydrogen) atoms. The van der Waals surface area contributed by atoms with Crippen LogP contribution in [0.3, 0.4) is 0 Å². The van der Waals surface area contributed by atoms with E-state index in [-0.39, 0.29) is 5.60 Å². The van der Waals surface area contributed by atoms with Gasteiger partial charge in [0.1, 0.15) is 11.4 Å². The van der Waals surface area contributed by atoms with Crippen LogP contribution in [0.1, 0.15) is 12.8 Å². The minimum Gasteiger partial charge on any atom is -0.455 e. The van der Waals surface area contributed by atoms with E-state index in [4.69, 9.17) is 4.74 Å². The van der Waals surface area contributed by atoms with Gasteiger partial charge in [0.05, 0.1) is 11.0 Å². The molecule has 5 nitrogen and oxygen atoms in total. The first kappa shape index (κ1) is 13.5. The molecule has 1 spiro atoms. The van der Waals surface area contributed by atoms with Crippen LogP contribution in [0.4, 0.5) is 10.2 Å². The molecule has 1 N–H and O–H groups in total. The number of nitrogens with zero attached hydrogens (tertiary/aromatic N) is 3. The molecular formula is C14H16BrFN4O. The number of nitrogens with one attached hydrogen (secondary N) is 1. The second-order valence-corrected chi connectivity index (χ2v) is 6.79. The Kier molecular flexibility index (Phi) is 3.15. The van der Waals surface area contributed by atoms with Gasteiger partial charge in [0.2, 0.25) is 5.95 Å². The number of amidine groups is 1. The van der Waals surface area contributed by atoms with Gasteiger partial charge in [-0.25, -0.2) is 9.98 Å². The topological polar surface area (TPSA) is 49.8 Å². The van der Waals surface area contributed by atoms with Crippen LogP contribution >= 0.6 is 15.9 Å². The summed E-state index contributed by atoms with van der Waals surface area (Å²) >= 11 is 3.09. The van der Waals surface area contributed by atoms with Gasteiger partial charge in [-0.05, 0) is 54.0 Å². The molecule has 5 rings (SSSR count). The van der Waals surface area contributed by atoms with Crippen LogP contribution < -0.4 is 5.32 Å². The molecule has 5 heterocycles. The molecule has 0 unspecified atom stereocenters. The van der Waals surface area contributed by atoms with E-state index >= 15 is 0 Å². The van der Waals surface area contributed by atoms with E-state index in [1.54, 1.807) is 12.1 Å². The number of pyridine rings is 1. The molecule has 0 amide bonds. The fourth-order valence-corrected chi connectivity index (χ4v) is 3.76. The third-order valence-corrected chi connectivity index (χ3v) is 5.24. The molecule has 1 aromatic heterocycles. The maximum absolute atomic E-state index is 13.4. The first-order valence-corrected chi connectivity index (χ1v) is 7.99. The van der Waals surface area contributed by atoms with Crippen molar-refractivity contribution >= 4 is 27.8 Å². The molecule has 2 bridgehead atoms. The minimum atomic E-state index is -0.545. The van der Waals surface area contributed by atoms with E-state index in [1.165, 1.54) is 12.8 Å². The minimum absolute atomic E-state index is 0.188. The highest BCUT2D eigenvalue weighted by molar-refractivity contribution is 9.10. The first-order chi connectivity index (χ1) is 10.1. The lowest BCUT2D eigenvalue weighted by Crippen LogP contribution is -2.61. The summed E-state index contributed by atoms with van der Waals surface area (Å²) in [5, 5.41) is 2.98. The quantitative estimate of drug-likeness (QED) is 0.785. The van der Waals surface area contributed by atoms with Gasteiger partial charge in [-0.1, -0.05) is 0 Å². The molecule has 0 aliphatic carbocycles. The Bertz CT molecular complexity index is 603. The Morgan fingerprint density at radius 2 is 2.19 bits per heavy atom. The zero-order valence-corrected chi connectivity index (χ0v) is 13.1. The number of rotatable bonds is 1. The van der Waals surface area contributed by atoms with Gasteiger partial charge in [-0.15, -0.1) is 0 Å². The van der Waals surface area contributed by atoms with Gasteiger partial charge in [0, 0.05) is 12.5 Å². The number of aromatic nitrogens is 1. The second kappa shape index (κ2) is 4.91. The number of halogens is 2. The van der Waals surface area contributed by atoms with Crippen molar-refractivity contribution < 1.29 is 9.13 Å². The Morgan fingerprint density at radius 1 is 1.38 bits per heavy atom. The maximum Gasteiger partial charge on any atom is 0.291 e. The highest BCUT2D eigenvalue weighted by atomic mass is 79.9. The average Bonchev–Trinajstić information content (AvgIpc) is 2.87. The smallest absolute Gasteiger partial charge is 0.291 e. The van der Waals surface area contributed by atoms with E-state index in [0.717, 1.165) is 19.6 Å². The van der Waals surface area contributed by atoms with Gasteiger partial charge in [-0.3, -0.25) is 10.2 Å². The summed E-state index contributed by atoms with van der Waals surface area (Å²) in [6.45, 7) is 3.94. The fraction of sp³-hybridized carbons (Fsp3) is 0.571. The van der Waals surface area contributed by atoms with Crippen LogP contribution in [0, 0.1) is 11.9 Å². The normalized spacial score (nSPS) is 33.9. The SMILES string of the molecule is Fc1nc(NC2=NC[C@]3(CN4CCC3CC4)O2)ccc1Br. The molecular weight excluding hydrogens is 339 g/mol. The van der Waals surface area contributed by atoms with Crippen molar-refractivity contribution in [2.45, 2.75) is 18.4 Å². The van der Waals surface area contributed by atoms with E-state index in [9.17, 15) is 4.39 Å². The zero-order chi connectivity index (χ0) is 14.4. The molecule has 4 aliphatic heterocycles. The fourth-order valence-electron chi connectivity index (χ4n) is 3.54. The van der Waals surface area contributed by atoms with Crippen LogP contribution in [0.2, 0.25) is 0 Å². The monoisotopic (exact) mass is 354 g/mol. The highest BCUT2D eigenvalue weighted by Gasteiger charge is 2.51. The Morgan fingerprint density at radius 3 is 2.86 bits per heavy atom. The van der Waals surface area contributed by atoms with Gasteiger partial charge in [-0.2, -0.15) is 4.39 Å². The van der Waals surface area contributed by atoms with Gasteiger partial charge in [0.15, 0.2) is 0 Å². The number of fused-ring (bicyclic) bond motifs is 2. The van der Waals surface area contributed by atoms with Crippen LogP contribution in [0.15, 0.2) is 21.6 Å². The molecule has 1 aromatic rings. The zero-order valence-electron chi connectivity index (χ0n) is 11.5. The van der Waals surface area contributed by atoms with Crippen LogP contribution in [0.25, 0.3) is 0 Å². The summed E-state index contributed by atoms with van der Waals surface area (Å²) in [4.78, 5) is 10.7. The molecule has 1 atom stereocenters. The van der Waals surface area contributed by atoms with Crippen LogP contribution in [-0.2, 0) is 4.74 Å². The Hall–Kier alpha value is -1.21. The van der Waals surface area contributed by atoms with Crippen molar-refractivity contribution in [2.24, 2.45) is 10.9 Å². The van der Waals surface area contributed by atoms with Crippen molar-refractivity contribution in [1.29, 1.82) is 0 Å². The summed E-state index contributed by atoms with van der Waals surface area (Å²) in [6.07, 6.45) is 2.35. The summed E-state index contributed by atoms with van der Waals surface area (Å²) in [5.74, 6) is 0.434. The van der Waals surface area contributed by atoms with Crippen molar-refractivity contribution in [3.8, 4) is 0 Å². The van der Waals surface area contributed by atoms with Crippen LogP contribution in [-0.4, -0.2) is 47.7 Å². The number of hydrogen-bond acceptors (Lipinski definition) is 5. The highest BCUT2D eigenvalue weighted by Crippen LogP contribution is 2.40. The molecule has 0 radical (unpaired) electrons. The maximum atomic E-state index is 13.4. The lowest BCUT2D eigenvalue weighted by Gasteiger charge is -2.50. The molecule has 0 saturated carbocycles. The molecule has 112 valence electrons. The predicted octanol–water partition coefficient (Wildman–Crippen LogP) is 2.25. The van der Waals surface area contributed by atoms with E-state index in [2.05, 4.69) is 36.1 Å². The molecule has 0 aromatic carbocycles. The van der Waals surface area contributed by atoms with Crippen molar-refractivity contribution in [1.82, 2.24) is 9.88 Å². The third kappa shape index (κ3) is 2.32. The molecule has 4 aliphatic rings. The lowest BCUT2D eigenvalue weighted by atomic mass is 9.75. The number of anilines is 1. The standard InChI is InChI=1S/C14H16BrFN4O/c15-10-1-2-11(18-12(10)16)19-13-17-7-14(21-13)8-20-5-3-9(14)4-6-20/h1-2,9H,3-8H2,(H,17,18,19)/t14-/m1/s1. The van der Waals surface area contributed by atoms with Crippen molar-refractivity contribution in [2.75, 3.05) is 31.5 Å². The molecule has 7 heteroatoms. The lowest BCUT2D eigenvalue weighted by molar-refractivity contribution is -0.0829. The number of aliphatic imine (C=N–C) groups is 1. The second-order valence-electron chi connectivity index (χ2n) is 5.93. The van der Waals surface area contributed by atoms with Gasteiger partial charge < -0.3 is 4.74 Å². The summed E-state index contributed by atoms with van der Waals surface area (Å²) in [6, 6.07) is 3.77. The average molecular weight is 355 g/mol. The van der Waals surface area contributed by atoms with Crippen LogP contribution in [0.5, 0.6) is 0 Å². The summed E-state index contributed by atoms with van der Waals surface area (Å²) < 4.78 is 19.9. The van der Waals surface area contributed by atoms with Gasteiger partial charge in [0.25, 0.3) is 6.02 Å². The predicted molar refractivity (Wildman–Crippen MR) is 80.8 cm³/mol. The number of hydrogen-bond donors (Lipinski definition) is 1. The molecule has 3 fully saturated rings. The largest absolute Gasteiger partial charge is 0.455 e. The van der Waals surface area contributed by atoms with Crippen molar-refractivity contribution in [3.05, 3.63) is 22.6 Å². The number of ether oxygens (including phenoxy) is 1. The van der Waals surface area contributed by atoms with Crippen molar-refractivity contribution in [3.63, 3.8) is 0 Å². The summed E-state index contributed by atoms with van der Waals surface area (Å²) in [5.41, 5.74) is -0.188. The van der Waals surface area contributed by atoms with E-state index < -0.39 is 5.95 Å². The third-order valence-electron chi connectivity index (χ3n) is 4.65. The summed E-state index contributed by atoms with van der Waals surface area (Å²) in [7, 11) is 0. The first-order valence-electron chi connectivity index (χ1n) is 7.19. The van der Waals surface area contributed by atoms with E-state index in [1.807, 2.05) is 0 Å². The number of piperidine rings is 3. The Labute approximate surface area is 130 Å².